The number of ether oxygens (including phenoxy) is 1. The van der Waals surface area contributed by atoms with Crippen LogP contribution in [0.1, 0.15) is 16.1 Å². The van der Waals surface area contributed by atoms with Crippen LogP contribution in [0.4, 0.5) is 20.2 Å². The quantitative estimate of drug-likeness (QED) is 0.513. The molecule has 1 aromatic heterocycles. The molecule has 0 aliphatic carbocycles. The molecule has 3 aromatic rings. The summed E-state index contributed by atoms with van der Waals surface area (Å²) in [4.78, 5) is 22.8. The lowest BCUT2D eigenvalue weighted by atomic mass is 10.2. The Morgan fingerprint density at radius 2 is 2.04 bits per heavy atom. The van der Waals surface area contributed by atoms with Crippen LogP contribution in [-0.4, -0.2) is 20.6 Å². The molecular weight excluding hydrogens is 374 g/mol. The third-order valence-corrected chi connectivity index (χ3v) is 3.72. The predicted octanol–water partition coefficient (Wildman–Crippen LogP) is 3.67. The second kappa shape index (κ2) is 7.82. The van der Waals surface area contributed by atoms with Crippen molar-refractivity contribution >= 4 is 17.3 Å². The fraction of sp³-hybridized carbons (Fsp3) is 0.111. The molecule has 0 fully saturated rings. The van der Waals surface area contributed by atoms with E-state index in [4.69, 9.17) is 4.74 Å². The van der Waals surface area contributed by atoms with Gasteiger partial charge in [0.25, 0.3) is 11.6 Å². The van der Waals surface area contributed by atoms with Gasteiger partial charge < -0.3 is 10.1 Å². The second-order valence-electron chi connectivity index (χ2n) is 5.82. The second-order valence-corrected chi connectivity index (χ2v) is 5.82. The predicted molar refractivity (Wildman–Crippen MR) is 95.0 cm³/mol. The number of nitrogens with zero attached hydrogens (tertiary/aromatic N) is 3. The lowest BCUT2D eigenvalue weighted by molar-refractivity contribution is -0.384. The van der Waals surface area contributed by atoms with E-state index in [1.807, 2.05) is 0 Å². The van der Waals surface area contributed by atoms with Crippen molar-refractivity contribution in [2.24, 2.45) is 0 Å². The summed E-state index contributed by atoms with van der Waals surface area (Å²) in [6, 6.07) is 8.66. The first-order chi connectivity index (χ1) is 13.3. The van der Waals surface area contributed by atoms with Crippen LogP contribution in [0.2, 0.25) is 0 Å². The summed E-state index contributed by atoms with van der Waals surface area (Å²) in [5, 5.41) is 17.5. The molecule has 1 heterocycles. The van der Waals surface area contributed by atoms with E-state index < -0.39 is 22.5 Å². The summed E-state index contributed by atoms with van der Waals surface area (Å²) in [7, 11) is 0. The minimum atomic E-state index is -0.864. The highest BCUT2D eigenvalue weighted by molar-refractivity contribution is 6.04. The smallest absolute Gasteiger partial charge is 0.293 e. The van der Waals surface area contributed by atoms with Gasteiger partial charge in [0, 0.05) is 18.3 Å². The third kappa shape index (κ3) is 4.29. The standard InChI is InChI=1S/C18H14F2N4O4/c1-11-2-4-14(16(8-11)24(26)27)21-18(25)15-6-7-23(22-15)10-28-17-5-3-12(19)9-13(17)20/h2-9H,10H2,1H3,(H,21,25). The van der Waals surface area contributed by atoms with Gasteiger partial charge in [-0.3, -0.25) is 14.9 Å². The third-order valence-electron chi connectivity index (χ3n) is 3.72. The van der Waals surface area contributed by atoms with Crippen LogP contribution in [-0.2, 0) is 6.73 Å². The fourth-order valence-electron chi connectivity index (χ4n) is 2.37. The number of halogens is 2. The molecule has 0 aliphatic rings. The normalized spacial score (nSPS) is 10.5. The maximum absolute atomic E-state index is 13.5. The number of nitro benzene ring substituents is 1. The first-order valence-corrected chi connectivity index (χ1v) is 8.01. The Balaban J connectivity index is 1.68. The Morgan fingerprint density at radius 1 is 1.25 bits per heavy atom. The zero-order valence-electron chi connectivity index (χ0n) is 14.6. The number of amides is 1. The Labute approximate surface area is 157 Å². The van der Waals surface area contributed by atoms with Crippen LogP contribution in [0, 0.1) is 28.7 Å². The monoisotopic (exact) mass is 388 g/mol. The van der Waals surface area contributed by atoms with E-state index in [1.54, 1.807) is 13.0 Å². The van der Waals surface area contributed by atoms with E-state index in [2.05, 4.69) is 10.4 Å². The van der Waals surface area contributed by atoms with Crippen molar-refractivity contribution in [2.45, 2.75) is 13.7 Å². The number of rotatable bonds is 6. The summed E-state index contributed by atoms with van der Waals surface area (Å²) in [6.07, 6.45) is 1.42. The van der Waals surface area contributed by atoms with Gasteiger partial charge in [-0.1, -0.05) is 6.07 Å². The highest BCUT2D eigenvalue weighted by Gasteiger charge is 2.18. The molecular formula is C18H14F2N4O4. The first-order valence-electron chi connectivity index (χ1n) is 8.01. The average Bonchev–Trinajstić information content (AvgIpc) is 3.11. The maximum atomic E-state index is 13.5. The molecule has 2 aromatic carbocycles. The van der Waals surface area contributed by atoms with Crippen LogP contribution in [0.3, 0.4) is 0 Å². The van der Waals surface area contributed by atoms with Gasteiger partial charge in [-0.15, -0.1) is 0 Å². The maximum Gasteiger partial charge on any atom is 0.293 e. The SMILES string of the molecule is Cc1ccc(NC(=O)c2ccn(COc3ccc(F)cc3F)n2)c([N+](=O)[O-])c1. The molecule has 1 amide bonds. The van der Waals surface area contributed by atoms with Crippen molar-refractivity contribution in [2.75, 3.05) is 5.32 Å². The van der Waals surface area contributed by atoms with Gasteiger partial charge in [-0.25, -0.2) is 13.5 Å². The summed E-state index contributed by atoms with van der Waals surface area (Å²) in [5.41, 5.74) is 0.472. The number of carbonyl (C=O) groups excluding carboxylic acids is 1. The Morgan fingerprint density at radius 3 is 2.75 bits per heavy atom. The number of hydrogen-bond donors (Lipinski definition) is 1. The molecule has 144 valence electrons. The molecule has 0 spiro atoms. The van der Waals surface area contributed by atoms with Gasteiger partial charge in [0.05, 0.1) is 4.92 Å². The molecule has 0 radical (unpaired) electrons. The van der Waals surface area contributed by atoms with E-state index in [1.165, 1.54) is 29.1 Å². The number of nitro groups is 1. The molecule has 0 unspecified atom stereocenters. The van der Waals surface area contributed by atoms with E-state index in [0.29, 0.717) is 11.6 Å². The molecule has 10 heteroatoms. The lowest BCUT2D eigenvalue weighted by Gasteiger charge is -2.07. The zero-order valence-corrected chi connectivity index (χ0v) is 14.6. The molecule has 0 saturated carbocycles. The van der Waals surface area contributed by atoms with E-state index in [-0.39, 0.29) is 29.5 Å². The molecule has 8 nitrogen and oxygen atoms in total. The topological polar surface area (TPSA) is 99.3 Å². The van der Waals surface area contributed by atoms with Gasteiger partial charge >= 0.3 is 0 Å². The molecule has 0 atom stereocenters. The molecule has 3 rings (SSSR count). The number of nitrogens with one attached hydrogen (secondary N) is 1. The number of benzene rings is 2. The van der Waals surface area contributed by atoms with E-state index in [9.17, 15) is 23.7 Å². The molecule has 0 aliphatic heterocycles. The Kier molecular flexibility index (Phi) is 5.30. The number of aromatic nitrogens is 2. The van der Waals surface area contributed by atoms with Crippen LogP contribution < -0.4 is 10.1 Å². The molecule has 1 N–H and O–H groups in total. The summed E-state index contributed by atoms with van der Waals surface area (Å²) >= 11 is 0. The molecule has 28 heavy (non-hydrogen) atoms. The van der Waals surface area contributed by atoms with Crippen LogP contribution >= 0.6 is 0 Å². The van der Waals surface area contributed by atoms with Crippen LogP contribution in [0.15, 0.2) is 48.7 Å². The van der Waals surface area contributed by atoms with Gasteiger partial charge in [0.15, 0.2) is 24.0 Å². The van der Waals surface area contributed by atoms with Gasteiger partial charge in [-0.2, -0.15) is 5.10 Å². The largest absolute Gasteiger partial charge is 0.468 e. The van der Waals surface area contributed by atoms with Crippen LogP contribution in [0.25, 0.3) is 0 Å². The minimum absolute atomic E-state index is 0.0157. The van der Waals surface area contributed by atoms with Crippen molar-refractivity contribution in [1.82, 2.24) is 9.78 Å². The summed E-state index contributed by atoms with van der Waals surface area (Å²) in [5.74, 6) is -2.42. The Bertz CT molecular complexity index is 1050. The Hall–Kier alpha value is -3.82. The van der Waals surface area contributed by atoms with E-state index >= 15 is 0 Å². The van der Waals surface area contributed by atoms with Gasteiger partial charge in [0.2, 0.25) is 0 Å². The highest BCUT2D eigenvalue weighted by atomic mass is 19.1. The summed E-state index contributed by atoms with van der Waals surface area (Å²) < 4.78 is 32.8. The number of hydrogen-bond acceptors (Lipinski definition) is 5. The van der Waals surface area contributed by atoms with Gasteiger partial charge in [0.1, 0.15) is 11.5 Å². The van der Waals surface area contributed by atoms with Crippen molar-refractivity contribution in [1.29, 1.82) is 0 Å². The number of anilines is 1. The van der Waals surface area contributed by atoms with Crippen molar-refractivity contribution in [3.05, 3.63) is 81.7 Å². The molecule has 0 bridgehead atoms. The first kappa shape index (κ1) is 19.0. The lowest BCUT2D eigenvalue weighted by Crippen LogP contribution is -2.15. The highest BCUT2D eigenvalue weighted by Crippen LogP contribution is 2.25. The molecule has 0 saturated heterocycles. The fourth-order valence-corrected chi connectivity index (χ4v) is 2.37. The van der Waals surface area contributed by atoms with Crippen LogP contribution in [0.5, 0.6) is 5.75 Å². The van der Waals surface area contributed by atoms with Crippen molar-refractivity contribution < 1.29 is 23.2 Å². The number of carbonyl (C=O) groups is 1. The zero-order chi connectivity index (χ0) is 20.3. The number of aryl methyl sites for hydroxylation is 1. The average molecular weight is 388 g/mol. The van der Waals surface area contributed by atoms with Crippen molar-refractivity contribution in [3.8, 4) is 5.75 Å². The van der Waals surface area contributed by atoms with Crippen molar-refractivity contribution in [3.63, 3.8) is 0 Å². The van der Waals surface area contributed by atoms with Gasteiger partial charge in [-0.05, 0) is 36.8 Å². The summed E-state index contributed by atoms with van der Waals surface area (Å²) in [6.45, 7) is 1.48. The van der Waals surface area contributed by atoms with E-state index in [0.717, 1.165) is 12.1 Å². The minimum Gasteiger partial charge on any atom is -0.468 e.